The summed E-state index contributed by atoms with van der Waals surface area (Å²) in [7, 11) is 0. The molecule has 0 radical (unpaired) electrons. The van der Waals surface area contributed by atoms with Crippen molar-refractivity contribution in [2.45, 2.75) is 26.2 Å². The molecule has 10 heteroatoms. The largest absolute Gasteiger partial charge is 0.357 e. The zero-order valence-corrected chi connectivity index (χ0v) is 21.0. The molecule has 2 aromatic heterocycles. The zero-order chi connectivity index (χ0) is 21.2. The highest BCUT2D eigenvalue weighted by molar-refractivity contribution is 14.0. The summed E-state index contributed by atoms with van der Waals surface area (Å²) in [6.07, 6.45) is 4.04. The molecule has 0 fully saturated rings. The molecule has 0 atom stereocenters. The molecule has 1 aromatic carbocycles. The van der Waals surface area contributed by atoms with Crippen molar-refractivity contribution in [3.63, 3.8) is 0 Å². The summed E-state index contributed by atoms with van der Waals surface area (Å²) in [5.41, 5.74) is 1.75. The van der Waals surface area contributed by atoms with Crippen LogP contribution in [0, 0.1) is 0 Å². The van der Waals surface area contributed by atoms with E-state index in [9.17, 15) is 0 Å². The summed E-state index contributed by atoms with van der Waals surface area (Å²) >= 11 is 12.2. The Morgan fingerprint density at radius 2 is 2.00 bits per heavy atom. The fraction of sp³-hybridized carbons (Fsp3) is 0.333. The Bertz CT molecular complexity index is 968. The van der Waals surface area contributed by atoms with Gasteiger partial charge in [-0.3, -0.25) is 9.98 Å². The van der Waals surface area contributed by atoms with Gasteiger partial charge in [0.05, 0.1) is 0 Å². The lowest BCUT2D eigenvalue weighted by atomic mass is 10.1. The van der Waals surface area contributed by atoms with Crippen LogP contribution in [0.3, 0.4) is 0 Å². The maximum Gasteiger partial charge on any atom is 0.276 e. The lowest BCUT2D eigenvalue weighted by Crippen LogP contribution is -2.38. The van der Waals surface area contributed by atoms with Crippen molar-refractivity contribution in [3.05, 3.63) is 64.0 Å². The lowest BCUT2D eigenvalue weighted by Gasteiger charge is -2.10. The molecule has 0 unspecified atom stereocenters. The number of nitrogens with one attached hydrogen (secondary N) is 2. The highest BCUT2D eigenvalue weighted by atomic mass is 127. The molecule has 3 rings (SSSR count). The average molecular weight is 575 g/mol. The molecule has 31 heavy (non-hydrogen) atoms. The van der Waals surface area contributed by atoms with Crippen molar-refractivity contribution in [2.24, 2.45) is 4.99 Å². The van der Waals surface area contributed by atoms with Crippen molar-refractivity contribution < 1.29 is 4.52 Å². The van der Waals surface area contributed by atoms with Gasteiger partial charge in [0, 0.05) is 42.3 Å². The summed E-state index contributed by atoms with van der Waals surface area (Å²) in [5, 5.41) is 11.9. The van der Waals surface area contributed by atoms with Crippen LogP contribution in [0.5, 0.6) is 0 Å². The van der Waals surface area contributed by atoms with E-state index < -0.39 is 0 Å². The van der Waals surface area contributed by atoms with Crippen LogP contribution in [-0.2, 0) is 12.8 Å². The van der Waals surface area contributed by atoms with Crippen molar-refractivity contribution in [2.75, 3.05) is 19.6 Å². The second kappa shape index (κ2) is 13.5. The molecule has 3 aromatic rings. The fourth-order valence-corrected chi connectivity index (χ4v) is 3.27. The van der Waals surface area contributed by atoms with E-state index in [2.05, 4.69) is 30.8 Å². The van der Waals surface area contributed by atoms with Gasteiger partial charge < -0.3 is 15.2 Å². The van der Waals surface area contributed by atoms with E-state index >= 15 is 0 Å². The molecule has 0 saturated heterocycles. The zero-order valence-electron chi connectivity index (χ0n) is 17.1. The number of aromatic nitrogens is 3. The van der Waals surface area contributed by atoms with Crippen LogP contribution in [0.15, 0.2) is 52.1 Å². The van der Waals surface area contributed by atoms with E-state index in [-0.39, 0.29) is 24.0 Å². The monoisotopic (exact) mass is 574 g/mol. The SMILES string of the molecule is CCNC(=NCCCc1ccc(Cl)cc1Cl)NCCc1noc(-c2ccccn2)n1.I. The van der Waals surface area contributed by atoms with Gasteiger partial charge in [0.2, 0.25) is 0 Å². The Kier molecular flexibility index (Phi) is 11.0. The molecule has 0 aliphatic rings. The number of hydrogen-bond donors (Lipinski definition) is 2. The summed E-state index contributed by atoms with van der Waals surface area (Å²) in [5.74, 6) is 1.80. The predicted molar refractivity (Wildman–Crippen MR) is 135 cm³/mol. The quantitative estimate of drug-likeness (QED) is 0.165. The smallest absolute Gasteiger partial charge is 0.276 e. The van der Waals surface area contributed by atoms with Crippen LogP contribution in [0.25, 0.3) is 11.6 Å². The number of aliphatic imine (C=N–C) groups is 1. The molecule has 0 bridgehead atoms. The van der Waals surface area contributed by atoms with E-state index in [1.165, 1.54) is 0 Å². The molecule has 0 aliphatic carbocycles. The Morgan fingerprint density at radius 1 is 1.13 bits per heavy atom. The maximum absolute atomic E-state index is 6.22. The van der Waals surface area contributed by atoms with Crippen molar-refractivity contribution in [1.29, 1.82) is 0 Å². The minimum Gasteiger partial charge on any atom is -0.357 e. The Morgan fingerprint density at radius 3 is 2.74 bits per heavy atom. The molecule has 7 nitrogen and oxygen atoms in total. The lowest BCUT2D eigenvalue weighted by molar-refractivity contribution is 0.421. The van der Waals surface area contributed by atoms with Crippen LogP contribution < -0.4 is 10.6 Å². The number of benzene rings is 1. The van der Waals surface area contributed by atoms with Crippen LogP contribution in [-0.4, -0.2) is 40.7 Å². The van der Waals surface area contributed by atoms with Crippen LogP contribution in [0.2, 0.25) is 10.0 Å². The summed E-state index contributed by atoms with van der Waals surface area (Å²) in [6.45, 7) is 4.13. The van der Waals surface area contributed by atoms with Gasteiger partial charge in [-0.25, -0.2) is 0 Å². The van der Waals surface area contributed by atoms with E-state index in [4.69, 9.17) is 27.7 Å². The molecule has 0 amide bonds. The van der Waals surface area contributed by atoms with Gasteiger partial charge in [-0.1, -0.05) is 40.5 Å². The van der Waals surface area contributed by atoms with Crippen molar-refractivity contribution in [1.82, 2.24) is 25.8 Å². The first-order valence-corrected chi connectivity index (χ1v) is 10.6. The molecule has 2 N–H and O–H groups in total. The molecule has 0 aliphatic heterocycles. The van der Waals surface area contributed by atoms with E-state index in [0.717, 1.165) is 30.9 Å². The van der Waals surface area contributed by atoms with E-state index in [1.807, 2.05) is 37.3 Å². The standard InChI is InChI=1S/C21H24Cl2N6O.HI/c1-2-24-21(26-12-5-6-15-8-9-16(22)14-17(15)23)27-13-10-19-28-20(30-29-19)18-7-3-4-11-25-18;/h3-4,7-9,11,14H,2,5-6,10,12-13H2,1H3,(H2,24,26,27);1H. The van der Waals surface area contributed by atoms with E-state index in [0.29, 0.717) is 47.0 Å². The summed E-state index contributed by atoms with van der Waals surface area (Å²) in [4.78, 5) is 13.2. The predicted octanol–water partition coefficient (Wildman–Crippen LogP) is 4.79. The van der Waals surface area contributed by atoms with Crippen LogP contribution >= 0.6 is 47.2 Å². The topological polar surface area (TPSA) is 88.2 Å². The second-order valence-corrected chi connectivity index (χ2v) is 7.35. The van der Waals surface area contributed by atoms with Gasteiger partial charge in [0.1, 0.15) is 5.69 Å². The summed E-state index contributed by atoms with van der Waals surface area (Å²) < 4.78 is 5.28. The second-order valence-electron chi connectivity index (χ2n) is 6.51. The van der Waals surface area contributed by atoms with Gasteiger partial charge in [-0.15, -0.1) is 24.0 Å². The minimum absolute atomic E-state index is 0. The van der Waals surface area contributed by atoms with Gasteiger partial charge >= 0.3 is 0 Å². The van der Waals surface area contributed by atoms with Gasteiger partial charge in [-0.05, 0) is 49.6 Å². The van der Waals surface area contributed by atoms with Gasteiger partial charge in [-0.2, -0.15) is 4.98 Å². The molecular formula is C21H25Cl2IN6O. The third-order valence-corrected chi connectivity index (χ3v) is 4.81. The number of nitrogens with zero attached hydrogens (tertiary/aromatic N) is 4. The van der Waals surface area contributed by atoms with E-state index in [1.54, 1.807) is 12.3 Å². The fourth-order valence-electron chi connectivity index (χ4n) is 2.77. The first-order chi connectivity index (χ1) is 14.7. The molecule has 166 valence electrons. The number of aryl methyl sites for hydroxylation is 1. The Hall–Kier alpha value is -1.91. The first kappa shape index (κ1) is 25.4. The number of guanidine groups is 1. The number of rotatable bonds is 9. The Balaban J connectivity index is 0.00000341. The van der Waals surface area contributed by atoms with Gasteiger partial charge in [0.25, 0.3) is 5.89 Å². The van der Waals surface area contributed by atoms with Crippen molar-refractivity contribution >= 4 is 53.1 Å². The molecular weight excluding hydrogens is 550 g/mol. The number of hydrogen-bond acceptors (Lipinski definition) is 5. The molecule has 0 spiro atoms. The average Bonchev–Trinajstić information content (AvgIpc) is 3.22. The maximum atomic E-state index is 6.22. The minimum atomic E-state index is 0. The van der Waals surface area contributed by atoms with Crippen LogP contribution in [0.4, 0.5) is 0 Å². The number of pyridine rings is 1. The first-order valence-electron chi connectivity index (χ1n) is 9.86. The third-order valence-electron chi connectivity index (χ3n) is 4.23. The highest BCUT2D eigenvalue weighted by Crippen LogP contribution is 2.22. The summed E-state index contributed by atoms with van der Waals surface area (Å²) in [6, 6.07) is 11.1. The van der Waals surface area contributed by atoms with Crippen LogP contribution in [0.1, 0.15) is 24.7 Å². The normalized spacial score (nSPS) is 11.1. The number of halogens is 3. The molecule has 0 saturated carbocycles. The Labute approximate surface area is 209 Å². The molecule has 2 heterocycles. The van der Waals surface area contributed by atoms with Gasteiger partial charge in [0.15, 0.2) is 11.8 Å². The highest BCUT2D eigenvalue weighted by Gasteiger charge is 2.09. The third kappa shape index (κ3) is 8.27. The van der Waals surface area contributed by atoms with Crippen molar-refractivity contribution in [3.8, 4) is 11.6 Å².